The minimum Gasteiger partial charge on any atom is -0.390 e. The highest BCUT2D eigenvalue weighted by atomic mass is 32.2. The first-order valence-corrected chi connectivity index (χ1v) is 8.45. The van der Waals surface area contributed by atoms with Crippen LogP contribution in [0.2, 0.25) is 0 Å². The zero-order chi connectivity index (χ0) is 15.2. The van der Waals surface area contributed by atoms with Crippen molar-refractivity contribution in [3.05, 3.63) is 29.8 Å². The molecule has 0 bridgehead atoms. The van der Waals surface area contributed by atoms with Crippen molar-refractivity contribution in [1.82, 2.24) is 0 Å². The number of rotatable bonds is 8. The molecule has 0 aliphatic heterocycles. The lowest BCUT2D eigenvalue weighted by Gasteiger charge is -2.19. The van der Waals surface area contributed by atoms with Crippen LogP contribution in [0.3, 0.4) is 0 Å². The normalized spacial score (nSPS) is 15.0. The van der Waals surface area contributed by atoms with E-state index in [0.29, 0.717) is 6.42 Å². The average molecular weight is 300 g/mol. The molecule has 0 saturated heterocycles. The molecule has 0 aliphatic carbocycles. The fourth-order valence-corrected chi connectivity index (χ4v) is 2.97. The van der Waals surface area contributed by atoms with Crippen molar-refractivity contribution in [1.29, 1.82) is 0 Å². The molecule has 5 heteroatoms. The maximum absolute atomic E-state index is 12.1. The van der Waals surface area contributed by atoms with E-state index in [0.717, 1.165) is 24.8 Å². The number of hydrogen-bond acceptors (Lipinski definition) is 4. The minimum atomic E-state index is -3.81. The Morgan fingerprint density at radius 3 is 2.35 bits per heavy atom. The molecular weight excluding hydrogens is 276 g/mol. The van der Waals surface area contributed by atoms with Gasteiger partial charge in [-0.2, -0.15) is 8.42 Å². The van der Waals surface area contributed by atoms with Crippen LogP contribution >= 0.6 is 0 Å². The Labute approximate surface area is 121 Å². The molecule has 2 atom stereocenters. The zero-order valence-corrected chi connectivity index (χ0v) is 13.2. The van der Waals surface area contributed by atoms with Crippen molar-refractivity contribution >= 4 is 10.1 Å². The predicted molar refractivity (Wildman–Crippen MR) is 79.1 cm³/mol. The van der Waals surface area contributed by atoms with Crippen molar-refractivity contribution in [3.8, 4) is 0 Å². The van der Waals surface area contributed by atoms with Crippen LogP contribution in [0.4, 0.5) is 0 Å². The van der Waals surface area contributed by atoms with E-state index in [1.54, 1.807) is 19.1 Å². The van der Waals surface area contributed by atoms with Gasteiger partial charge in [-0.1, -0.05) is 43.9 Å². The first kappa shape index (κ1) is 17.1. The lowest BCUT2D eigenvalue weighted by Crippen LogP contribution is -2.28. The summed E-state index contributed by atoms with van der Waals surface area (Å²) in [5.41, 5.74) is 0.983. The van der Waals surface area contributed by atoms with Crippen molar-refractivity contribution < 1.29 is 17.7 Å². The standard InChI is InChI=1S/C15H24O4S/c1-4-5-6-7-15(16)13(3)19-20(17,18)14-10-8-12(2)9-11-14/h8-11,13,15-16H,4-7H2,1-3H3. The lowest BCUT2D eigenvalue weighted by atomic mass is 10.1. The molecule has 4 nitrogen and oxygen atoms in total. The summed E-state index contributed by atoms with van der Waals surface area (Å²) in [5, 5.41) is 9.91. The molecule has 0 fully saturated rings. The van der Waals surface area contributed by atoms with Crippen molar-refractivity contribution in [3.63, 3.8) is 0 Å². The Hall–Kier alpha value is -0.910. The van der Waals surface area contributed by atoms with Gasteiger partial charge in [-0.15, -0.1) is 0 Å². The van der Waals surface area contributed by atoms with Crippen LogP contribution in [0.25, 0.3) is 0 Å². The smallest absolute Gasteiger partial charge is 0.297 e. The SMILES string of the molecule is CCCCCC(O)C(C)OS(=O)(=O)c1ccc(C)cc1. The molecule has 1 aromatic carbocycles. The molecule has 20 heavy (non-hydrogen) atoms. The molecule has 0 heterocycles. The van der Waals surface area contributed by atoms with E-state index in [4.69, 9.17) is 4.18 Å². The number of benzene rings is 1. The summed E-state index contributed by atoms with van der Waals surface area (Å²) in [4.78, 5) is 0.121. The summed E-state index contributed by atoms with van der Waals surface area (Å²) in [6.45, 7) is 5.55. The molecule has 1 aromatic rings. The van der Waals surface area contributed by atoms with Gasteiger partial charge in [0, 0.05) is 0 Å². The number of unbranched alkanes of at least 4 members (excludes halogenated alkanes) is 2. The van der Waals surface area contributed by atoms with Gasteiger partial charge in [-0.3, -0.25) is 4.18 Å². The highest BCUT2D eigenvalue weighted by Gasteiger charge is 2.23. The number of aliphatic hydroxyl groups excluding tert-OH is 1. The second-order valence-corrected chi connectivity index (χ2v) is 6.70. The quantitative estimate of drug-likeness (QED) is 0.592. The second-order valence-electron chi connectivity index (χ2n) is 5.13. The third-order valence-corrected chi connectivity index (χ3v) is 4.64. The van der Waals surface area contributed by atoms with E-state index in [9.17, 15) is 13.5 Å². The van der Waals surface area contributed by atoms with Crippen LogP contribution in [0.1, 0.15) is 45.1 Å². The third-order valence-electron chi connectivity index (χ3n) is 3.23. The topological polar surface area (TPSA) is 63.6 Å². The molecule has 0 saturated carbocycles. The van der Waals surface area contributed by atoms with Gasteiger partial charge >= 0.3 is 0 Å². The minimum absolute atomic E-state index is 0.121. The van der Waals surface area contributed by atoms with E-state index in [1.807, 2.05) is 6.92 Å². The fraction of sp³-hybridized carbons (Fsp3) is 0.600. The van der Waals surface area contributed by atoms with Gasteiger partial charge in [-0.05, 0) is 32.4 Å². The maximum Gasteiger partial charge on any atom is 0.297 e. The van der Waals surface area contributed by atoms with Gasteiger partial charge < -0.3 is 5.11 Å². The summed E-state index contributed by atoms with van der Waals surface area (Å²) in [6, 6.07) is 6.47. The molecule has 0 radical (unpaired) electrons. The van der Waals surface area contributed by atoms with E-state index in [-0.39, 0.29) is 4.90 Å². The lowest BCUT2D eigenvalue weighted by molar-refractivity contribution is 0.0438. The molecule has 1 N–H and O–H groups in total. The molecular formula is C15H24O4S. The Balaban J connectivity index is 2.63. The molecule has 1 rings (SSSR count). The maximum atomic E-state index is 12.1. The summed E-state index contributed by atoms with van der Waals surface area (Å²) < 4.78 is 29.2. The van der Waals surface area contributed by atoms with Crippen molar-refractivity contribution in [2.24, 2.45) is 0 Å². The number of hydrogen-bond donors (Lipinski definition) is 1. The van der Waals surface area contributed by atoms with Crippen LogP contribution in [0, 0.1) is 6.92 Å². The largest absolute Gasteiger partial charge is 0.390 e. The first-order chi connectivity index (χ1) is 9.36. The van der Waals surface area contributed by atoms with Crippen LogP contribution in [-0.4, -0.2) is 25.7 Å². The number of aryl methyl sites for hydroxylation is 1. The summed E-state index contributed by atoms with van der Waals surface area (Å²) in [7, 11) is -3.81. The third kappa shape index (κ3) is 5.23. The van der Waals surface area contributed by atoms with E-state index in [2.05, 4.69) is 6.92 Å². The van der Waals surface area contributed by atoms with Gasteiger partial charge in [-0.25, -0.2) is 0 Å². The predicted octanol–water partition coefficient (Wildman–Crippen LogP) is 3.03. The fourth-order valence-electron chi connectivity index (χ4n) is 1.86. The Morgan fingerprint density at radius 1 is 1.20 bits per heavy atom. The highest BCUT2D eigenvalue weighted by Crippen LogP contribution is 2.18. The average Bonchev–Trinajstić information content (AvgIpc) is 2.38. The van der Waals surface area contributed by atoms with Gasteiger partial charge in [0.2, 0.25) is 0 Å². The molecule has 0 amide bonds. The monoisotopic (exact) mass is 300 g/mol. The van der Waals surface area contributed by atoms with E-state index in [1.165, 1.54) is 12.1 Å². The molecule has 0 aliphatic rings. The second kappa shape index (κ2) is 7.76. The van der Waals surface area contributed by atoms with Crippen molar-refractivity contribution in [2.45, 2.75) is 63.6 Å². The van der Waals surface area contributed by atoms with Crippen LogP contribution < -0.4 is 0 Å². The van der Waals surface area contributed by atoms with Crippen molar-refractivity contribution in [2.75, 3.05) is 0 Å². The summed E-state index contributed by atoms with van der Waals surface area (Å²) in [6.07, 6.45) is 2.01. The van der Waals surface area contributed by atoms with E-state index >= 15 is 0 Å². The Bertz CT molecular complexity index is 493. The zero-order valence-electron chi connectivity index (χ0n) is 12.4. The molecule has 0 spiro atoms. The molecule has 0 aromatic heterocycles. The van der Waals surface area contributed by atoms with Gasteiger partial charge in [0.1, 0.15) is 6.10 Å². The van der Waals surface area contributed by atoms with Gasteiger partial charge in [0.15, 0.2) is 0 Å². The van der Waals surface area contributed by atoms with Crippen LogP contribution in [0.15, 0.2) is 29.2 Å². The highest BCUT2D eigenvalue weighted by molar-refractivity contribution is 7.86. The summed E-state index contributed by atoms with van der Waals surface area (Å²) in [5.74, 6) is 0. The molecule has 2 unspecified atom stereocenters. The van der Waals surface area contributed by atoms with Crippen LogP contribution in [0.5, 0.6) is 0 Å². The summed E-state index contributed by atoms with van der Waals surface area (Å²) >= 11 is 0. The molecule has 114 valence electrons. The van der Waals surface area contributed by atoms with Gasteiger partial charge in [0.05, 0.1) is 11.0 Å². The van der Waals surface area contributed by atoms with E-state index < -0.39 is 22.3 Å². The first-order valence-electron chi connectivity index (χ1n) is 7.05. The van der Waals surface area contributed by atoms with Gasteiger partial charge in [0.25, 0.3) is 10.1 Å². The van der Waals surface area contributed by atoms with Crippen LogP contribution in [-0.2, 0) is 14.3 Å². The number of aliphatic hydroxyl groups is 1. The Morgan fingerprint density at radius 2 is 1.80 bits per heavy atom. The Kier molecular flexibility index (Phi) is 6.65.